The highest BCUT2D eigenvalue weighted by Gasteiger charge is 2.26. The highest BCUT2D eigenvalue weighted by molar-refractivity contribution is 5.73. The lowest BCUT2D eigenvalue weighted by Gasteiger charge is -2.20. The summed E-state index contributed by atoms with van der Waals surface area (Å²) in [5.41, 5.74) is -0.285. The van der Waals surface area contributed by atoms with Gasteiger partial charge in [0.1, 0.15) is 11.6 Å². The summed E-state index contributed by atoms with van der Waals surface area (Å²) in [6.45, 7) is 3.73. The van der Waals surface area contributed by atoms with E-state index in [1.165, 1.54) is 25.3 Å². The van der Waals surface area contributed by atoms with Gasteiger partial charge in [-0.15, -0.1) is 0 Å². The van der Waals surface area contributed by atoms with Crippen molar-refractivity contribution in [2.24, 2.45) is 5.41 Å². The van der Waals surface area contributed by atoms with Crippen LogP contribution in [0.5, 0.6) is 5.75 Å². The predicted octanol–water partition coefficient (Wildman–Crippen LogP) is 2.75. The molecule has 0 aliphatic rings. The highest BCUT2D eigenvalue weighted by atomic mass is 19.1. The van der Waals surface area contributed by atoms with Crippen LogP contribution in [0.2, 0.25) is 0 Å². The molecule has 1 rings (SSSR count). The zero-order valence-electron chi connectivity index (χ0n) is 10.8. The third-order valence-corrected chi connectivity index (χ3v) is 2.81. The Labute approximate surface area is 106 Å². The minimum Gasteiger partial charge on any atom is -0.495 e. The molecule has 0 unspecified atom stereocenters. The number of hydrogen-bond acceptors (Lipinski definition) is 3. The molecule has 0 bridgehead atoms. The second kappa shape index (κ2) is 5.71. The molecule has 0 spiro atoms. The van der Waals surface area contributed by atoms with Crippen molar-refractivity contribution in [2.45, 2.75) is 20.3 Å². The van der Waals surface area contributed by atoms with Gasteiger partial charge in [0.2, 0.25) is 0 Å². The Morgan fingerprint density at radius 2 is 2.17 bits per heavy atom. The number of halogens is 1. The Morgan fingerprint density at radius 3 is 2.72 bits per heavy atom. The largest absolute Gasteiger partial charge is 0.495 e. The molecule has 2 N–H and O–H groups in total. The van der Waals surface area contributed by atoms with E-state index < -0.39 is 11.4 Å². The van der Waals surface area contributed by atoms with E-state index in [-0.39, 0.29) is 5.82 Å². The minimum absolute atomic E-state index is 0.365. The van der Waals surface area contributed by atoms with Crippen LogP contribution in [0.1, 0.15) is 20.3 Å². The maximum Gasteiger partial charge on any atom is 0.309 e. The van der Waals surface area contributed by atoms with E-state index in [1.54, 1.807) is 13.8 Å². The van der Waals surface area contributed by atoms with Gasteiger partial charge in [-0.3, -0.25) is 4.79 Å². The van der Waals surface area contributed by atoms with Crippen molar-refractivity contribution < 1.29 is 19.0 Å². The number of ether oxygens (including phenoxy) is 1. The molecular formula is C13H18FNO3. The Morgan fingerprint density at radius 1 is 1.50 bits per heavy atom. The number of rotatable bonds is 6. The van der Waals surface area contributed by atoms with Crippen molar-refractivity contribution in [3.63, 3.8) is 0 Å². The molecule has 0 heterocycles. The van der Waals surface area contributed by atoms with Crippen LogP contribution in [0, 0.1) is 11.2 Å². The Kier molecular flexibility index (Phi) is 4.53. The SMILES string of the molecule is COc1ccc(F)cc1NCCC(C)(C)C(=O)O. The first kappa shape index (κ1) is 14.3. The smallest absolute Gasteiger partial charge is 0.309 e. The molecule has 0 radical (unpaired) electrons. The predicted molar refractivity (Wildman–Crippen MR) is 67.5 cm³/mol. The van der Waals surface area contributed by atoms with Crippen LogP contribution < -0.4 is 10.1 Å². The van der Waals surface area contributed by atoms with Gasteiger partial charge in [-0.05, 0) is 32.4 Å². The van der Waals surface area contributed by atoms with E-state index in [2.05, 4.69) is 5.32 Å². The summed E-state index contributed by atoms with van der Waals surface area (Å²) in [6, 6.07) is 4.16. The zero-order valence-corrected chi connectivity index (χ0v) is 10.8. The summed E-state index contributed by atoms with van der Waals surface area (Å²) in [7, 11) is 1.50. The van der Waals surface area contributed by atoms with Crippen molar-refractivity contribution in [3.8, 4) is 5.75 Å². The van der Waals surface area contributed by atoms with E-state index in [0.717, 1.165) is 0 Å². The Balaban J connectivity index is 2.64. The molecule has 0 aliphatic carbocycles. The molecule has 18 heavy (non-hydrogen) atoms. The summed E-state index contributed by atoms with van der Waals surface area (Å²) in [6.07, 6.45) is 0.433. The number of carboxylic acids is 1. The monoisotopic (exact) mass is 255 g/mol. The average molecular weight is 255 g/mol. The second-order valence-corrected chi connectivity index (χ2v) is 4.71. The summed E-state index contributed by atoms with van der Waals surface area (Å²) >= 11 is 0. The van der Waals surface area contributed by atoms with Crippen molar-refractivity contribution >= 4 is 11.7 Å². The number of aliphatic carboxylic acids is 1. The van der Waals surface area contributed by atoms with E-state index in [4.69, 9.17) is 9.84 Å². The first-order valence-corrected chi connectivity index (χ1v) is 5.67. The van der Waals surface area contributed by atoms with Crippen LogP contribution in [0.25, 0.3) is 0 Å². The lowest BCUT2D eigenvalue weighted by atomic mass is 9.90. The Hall–Kier alpha value is -1.78. The van der Waals surface area contributed by atoms with Crippen molar-refractivity contribution in [2.75, 3.05) is 19.0 Å². The molecule has 0 atom stereocenters. The second-order valence-electron chi connectivity index (χ2n) is 4.71. The molecule has 0 amide bonds. The number of methoxy groups -OCH3 is 1. The average Bonchev–Trinajstić information content (AvgIpc) is 2.29. The first-order chi connectivity index (χ1) is 8.36. The zero-order chi connectivity index (χ0) is 13.8. The van der Waals surface area contributed by atoms with Crippen LogP contribution in [0.3, 0.4) is 0 Å². The number of hydrogen-bond donors (Lipinski definition) is 2. The number of anilines is 1. The highest BCUT2D eigenvalue weighted by Crippen LogP contribution is 2.26. The molecule has 4 nitrogen and oxygen atoms in total. The molecule has 1 aromatic carbocycles. The lowest BCUT2D eigenvalue weighted by molar-refractivity contribution is -0.147. The molecular weight excluding hydrogens is 237 g/mol. The van der Waals surface area contributed by atoms with Crippen molar-refractivity contribution in [3.05, 3.63) is 24.0 Å². The van der Waals surface area contributed by atoms with Gasteiger partial charge in [0.05, 0.1) is 18.2 Å². The van der Waals surface area contributed by atoms with E-state index in [9.17, 15) is 9.18 Å². The molecule has 0 fully saturated rings. The molecule has 0 aromatic heterocycles. The topological polar surface area (TPSA) is 58.6 Å². The fourth-order valence-electron chi connectivity index (χ4n) is 1.43. The van der Waals surface area contributed by atoms with E-state index in [0.29, 0.717) is 24.4 Å². The molecule has 5 heteroatoms. The third-order valence-electron chi connectivity index (χ3n) is 2.81. The van der Waals surface area contributed by atoms with Gasteiger partial charge in [0.15, 0.2) is 0 Å². The first-order valence-electron chi connectivity index (χ1n) is 5.67. The molecule has 1 aromatic rings. The molecule has 0 aliphatic heterocycles. The van der Waals surface area contributed by atoms with Crippen LogP contribution in [0.4, 0.5) is 10.1 Å². The van der Waals surface area contributed by atoms with Crippen LogP contribution >= 0.6 is 0 Å². The number of carbonyl (C=O) groups is 1. The van der Waals surface area contributed by atoms with Crippen LogP contribution in [-0.4, -0.2) is 24.7 Å². The quantitative estimate of drug-likeness (QED) is 0.820. The summed E-state index contributed by atoms with van der Waals surface area (Å²) in [5, 5.41) is 12.0. The maximum absolute atomic E-state index is 13.1. The fraction of sp³-hybridized carbons (Fsp3) is 0.462. The number of benzene rings is 1. The van der Waals surface area contributed by atoms with Gasteiger partial charge < -0.3 is 15.2 Å². The number of carboxylic acid groups (broad SMARTS) is 1. The normalized spacial score (nSPS) is 11.1. The molecule has 0 saturated heterocycles. The van der Waals surface area contributed by atoms with Crippen LogP contribution in [0.15, 0.2) is 18.2 Å². The summed E-state index contributed by atoms with van der Waals surface area (Å²) in [5.74, 6) is -0.684. The van der Waals surface area contributed by atoms with Gasteiger partial charge in [-0.2, -0.15) is 0 Å². The van der Waals surface area contributed by atoms with Crippen molar-refractivity contribution in [1.82, 2.24) is 0 Å². The van der Waals surface area contributed by atoms with Crippen LogP contribution in [-0.2, 0) is 4.79 Å². The minimum atomic E-state index is -0.851. The summed E-state index contributed by atoms with van der Waals surface area (Å²) in [4.78, 5) is 10.9. The molecule has 100 valence electrons. The fourth-order valence-corrected chi connectivity index (χ4v) is 1.43. The van der Waals surface area contributed by atoms with E-state index >= 15 is 0 Å². The van der Waals surface area contributed by atoms with Gasteiger partial charge in [0.25, 0.3) is 0 Å². The van der Waals surface area contributed by atoms with Gasteiger partial charge in [-0.25, -0.2) is 4.39 Å². The van der Waals surface area contributed by atoms with E-state index in [1.807, 2.05) is 0 Å². The van der Waals surface area contributed by atoms with Gasteiger partial charge in [0, 0.05) is 12.6 Å². The maximum atomic E-state index is 13.1. The summed E-state index contributed by atoms with van der Waals surface area (Å²) < 4.78 is 18.2. The number of nitrogens with one attached hydrogen (secondary N) is 1. The van der Waals surface area contributed by atoms with Gasteiger partial charge >= 0.3 is 5.97 Å². The van der Waals surface area contributed by atoms with Gasteiger partial charge in [-0.1, -0.05) is 0 Å². The lowest BCUT2D eigenvalue weighted by Crippen LogP contribution is -2.26. The Bertz CT molecular complexity index is 432. The molecule has 0 saturated carbocycles. The standard InChI is InChI=1S/C13H18FNO3/c1-13(2,12(16)17)6-7-15-10-8-9(14)4-5-11(10)18-3/h4-5,8,15H,6-7H2,1-3H3,(H,16,17). The van der Waals surface area contributed by atoms with Crippen molar-refractivity contribution in [1.29, 1.82) is 0 Å². The third kappa shape index (κ3) is 3.61.